The summed E-state index contributed by atoms with van der Waals surface area (Å²) < 4.78 is 47.5. The van der Waals surface area contributed by atoms with Crippen LogP contribution in [0.25, 0.3) is 39.5 Å². The Balaban J connectivity index is 1.47. The Bertz CT molecular complexity index is 1740. The number of benzene rings is 1. The fraction of sp³-hybridized carbons (Fsp3) is 0.231. The van der Waals surface area contributed by atoms with Crippen molar-refractivity contribution in [2.45, 2.75) is 24.9 Å². The fourth-order valence-electron chi connectivity index (χ4n) is 4.43. The lowest BCUT2D eigenvalue weighted by Crippen LogP contribution is -2.18. The van der Waals surface area contributed by atoms with Crippen LogP contribution in [0.2, 0.25) is 0 Å². The summed E-state index contributed by atoms with van der Waals surface area (Å²) >= 11 is 0. The lowest BCUT2D eigenvalue weighted by molar-refractivity contribution is -0.140. The first kappa shape index (κ1) is 23.8. The van der Waals surface area contributed by atoms with Crippen molar-refractivity contribution in [2.24, 2.45) is 7.05 Å². The van der Waals surface area contributed by atoms with Crippen LogP contribution in [0, 0.1) is 0 Å². The van der Waals surface area contributed by atoms with Gasteiger partial charge < -0.3 is 9.30 Å². The van der Waals surface area contributed by atoms with E-state index in [1.54, 1.807) is 36.5 Å². The standard InChI is InChI=1S/C26H20F3N7O2/c1-35-12-18(26(27,28)29)33-23(35)15-5-8-17(9-6-15)36-19(37)10-7-16-11-30-22(34-24(16)36)20-21(14-3-4-14)31-13-32-25(20)38-2/h5-14H,3-4H2,1-2H3. The van der Waals surface area contributed by atoms with Gasteiger partial charge in [-0.2, -0.15) is 13.2 Å². The fourth-order valence-corrected chi connectivity index (χ4v) is 4.43. The SMILES string of the molecule is COc1ncnc(C2CC2)c1-c1ncc2ccc(=O)n(-c3ccc(-c4nc(C(F)(F)F)cn4C)cc3)c2n1. The Morgan fingerprint density at radius 1 is 1.00 bits per heavy atom. The van der Waals surface area contributed by atoms with E-state index in [0.717, 1.165) is 24.7 Å². The predicted octanol–water partition coefficient (Wildman–Crippen LogP) is 4.54. The zero-order valence-corrected chi connectivity index (χ0v) is 20.3. The second kappa shape index (κ2) is 8.75. The summed E-state index contributed by atoms with van der Waals surface area (Å²) in [6.07, 6.45) is 1.46. The van der Waals surface area contributed by atoms with E-state index in [1.807, 2.05) is 0 Å². The smallest absolute Gasteiger partial charge is 0.434 e. The summed E-state index contributed by atoms with van der Waals surface area (Å²) in [5.41, 5.74) is 1.41. The number of pyridine rings is 1. The van der Waals surface area contributed by atoms with Gasteiger partial charge in [-0.15, -0.1) is 0 Å². The third-order valence-corrected chi connectivity index (χ3v) is 6.41. The second-order valence-electron chi connectivity index (χ2n) is 9.00. The van der Waals surface area contributed by atoms with E-state index in [0.29, 0.717) is 39.6 Å². The van der Waals surface area contributed by atoms with Gasteiger partial charge in [0.2, 0.25) is 5.88 Å². The first-order valence-corrected chi connectivity index (χ1v) is 11.7. The molecule has 0 N–H and O–H groups in total. The van der Waals surface area contributed by atoms with Crippen molar-refractivity contribution in [2.75, 3.05) is 7.11 Å². The van der Waals surface area contributed by atoms with Crippen molar-refractivity contribution < 1.29 is 17.9 Å². The van der Waals surface area contributed by atoms with Gasteiger partial charge in [-0.3, -0.25) is 9.36 Å². The lowest BCUT2D eigenvalue weighted by atomic mass is 10.1. The molecule has 6 rings (SSSR count). The number of rotatable bonds is 5. The van der Waals surface area contributed by atoms with Crippen LogP contribution in [-0.4, -0.2) is 41.2 Å². The van der Waals surface area contributed by atoms with Gasteiger partial charge in [0.15, 0.2) is 17.2 Å². The quantitative estimate of drug-likeness (QED) is 0.336. The number of aromatic nitrogens is 7. The molecule has 5 aromatic rings. The Hall–Kier alpha value is -4.61. The van der Waals surface area contributed by atoms with Crippen LogP contribution < -0.4 is 10.3 Å². The molecule has 4 aromatic heterocycles. The highest BCUT2D eigenvalue weighted by Crippen LogP contribution is 2.44. The van der Waals surface area contributed by atoms with E-state index in [1.165, 1.54) is 35.7 Å². The van der Waals surface area contributed by atoms with E-state index in [2.05, 4.69) is 19.9 Å². The number of fused-ring (bicyclic) bond motifs is 1. The molecule has 0 unspecified atom stereocenters. The number of ether oxygens (including phenoxy) is 1. The van der Waals surface area contributed by atoms with Crippen LogP contribution in [-0.2, 0) is 13.2 Å². The van der Waals surface area contributed by atoms with E-state index in [4.69, 9.17) is 9.72 Å². The summed E-state index contributed by atoms with van der Waals surface area (Å²) in [4.78, 5) is 34.7. The summed E-state index contributed by atoms with van der Waals surface area (Å²) in [5.74, 6) is 1.11. The molecule has 12 heteroatoms. The molecule has 0 saturated heterocycles. The van der Waals surface area contributed by atoms with E-state index in [-0.39, 0.29) is 17.3 Å². The Morgan fingerprint density at radius 2 is 1.76 bits per heavy atom. The molecule has 1 saturated carbocycles. The van der Waals surface area contributed by atoms with E-state index >= 15 is 0 Å². The normalized spacial score (nSPS) is 13.7. The highest BCUT2D eigenvalue weighted by molar-refractivity contribution is 5.79. The van der Waals surface area contributed by atoms with Gasteiger partial charge in [-0.25, -0.2) is 24.9 Å². The number of methoxy groups -OCH3 is 1. The van der Waals surface area contributed by atoms with Gasteiger partial charge >= 0.3 is 6.18 Å². The largest absolute Gasteiger partial charge is 0.480 e. The molecule has 4 heterocycles. The van der Waals surface area contributed by atoms with Crippen LogP contribution in [0.5, 0.6) is 5.88 Å². The number of imidazole rings is 1. The molecular formula is C26H20F3N7O2. The Labute approximate surface area is 213 Å². The molecule has 0 bridgehead atoms. The number of alkyl halides is 3. The van der Waals surface area contributed by atoms with Crippen molar-refractivity contribution in [1.29, 1.82) is 0 Å². The first-order chi connectivity index (χ1) is 18.2. The van der Waals surface area contributed by atoms with Gasteiger partial charge in [0, 0.05) is 42.4 Å². The number of hydrogen-bond acceptors (Lipinski definition) is 7. The molecule has 1 aromatic carbocycles. The monoisotopic (exact) mass is 519 g/mol. The molecule has 0 radical (unpaired) electrons. The minimum absolute atomic E-state index is 0.155. The highest BCUT2D eigenvalue weighted by atomic mass is 19.4. The summed E-state index contributed by atoms with van der Waals surface area (Å²) in [6, 6.07) is 9.56. The van der Waals surface area contributed by atoms with E-state index in [9.17, 15) is 18.0 Å². The number of halogens is 3. The van der Waals surface area contributed by atoms with E-state index < -0.39 is 11.9 Å². The maximum absolute atomic E-state index is 13.1. The van der Waals surface area contributed by atoms with Gasteiger partial charge in [0.25, 0.3) is 5.56 Å². The third kappa shape index (κ3) is 4.07. The highest BCUT2D eigenvalue weighted by Gasteiger charge is 2.34. The van der Waals surface area contributed by atoms with Crippen molar-refractivity contribution >= 4 is 11.0 Å². The molecule has 1 fully saturated rings. The summed E-state index contributed by atoms with van der Waals surface area (Å²) in [6.45, 7) is 0. The van der Waals surface area contributed by atoms with Crippen molar-refractivity contribution in [1.82, 2.24) is 34.1 Å². The first-order valence-electron chi connectivity index (χ1n) is 11.7. The predicted molar refractivity (Wildman–Crippen MR) is 132 cm³/mol. The van der Waals surface area contributed by atoms with Crippen molar-refractivity contribution in [3.05, 3.63) is 76.9 Å². The summed E-state index contributed by atoms with van der Waals surface area (Å²) in [5, 5.41) is 0.625. The summed E-state index contributed by atoms with van der Waals surface area (Å²) in [7, 11) is 3.01. The molecule has 0 atom stereocenters. The zero-order chi connectivity index (χ0) is 26.6. The van der Waals surface area contributed by atoms with Gasteiger partial charge in [-0.05, 0) is 43.2 Å². The molecule has 1 aliphatic rings. The van der Waals surface area contributed by atoms with Gasteiger partial charge in [0.05, 0.1) is 18.5 Å². The number of aryl methyl sites for hydroxylation is 1. The maximum atomic E-state index is 13.1. The molecule has 1 aliphatic carbocycles. The molecule has 192 valence electrons. The van der Waals surface area contributed by atoms with Crippen LogP contribution in [0.4, 0.5) is 13.2 Å². The number of nitrogens with zero attached hydrogens (tertiary/aromatic N) is 7. The van der Waals surface area contributed by atoms with Gasteiger partial charge in [0.1, 0.15) is 17.7 Å². The van der Waals surface area contributed by atoms with Crippen LogP contribution in [0.3, 0.4) is 0 Å². The topological polar surface area (TPSA) is 101 Å². The minimum atomic E-state index is -4.55. The Morgan fingerprint density at radius 3 is 2.42 bits per heavy atom. The lowest BCUT2D eigenvalue weighted by Gasteiger charge is -2.13. The van der Waals surface area contributed by atoms with Crippen molar-refractivity contribution in [3.8, 4) is 34.3 Å². The third-order valence-electron chi connectivity index (χ3n) is 6.41. The average molecular weight is 519 g/mol. The zero-order valence-electron chi connectivity index (χ0n) is 20.3. The van der Waals surface area contributed by atoms with Crippen molar-refractivity contribution in [3.63, 3.8) is 0 Å². The van der Waals surface area contributed by atoms with Gasteiger partial charge in [-0.1, -0.05) is 0 Å². The Kier molecular flexibility index (Phi) is 5.47. The maximum Gasteiger partial charge on any atom is 0.434 e. The second-order valence-corrected chi connectivity index (χ2v) is 9.00. The molecule has 0 amide bonds. The molecule has 0 aliphatic heterocycles. The molecule has 38 heavy (non-hydrogen) atoms. The average Bonchev–Trinajstić information content (AvgIpc) is 3.68. The van der Waals surface area contributed by atoms with Crippen LogP contribution in [0.1, 0.15) is 30.1 Å². The minimum Gasteiger partial charge on any atom is -0.480 e. The van der Waals surface area contributed by atoms with Crippen LogP contribution >= 0.6 is 0 Å². The molecule has 0 spiro atoms. The number of hydrogen-bond donors (Lipinski definition) is 0. The van der Waals surface area contributed by atoms with Crippen LogP contribution in [0.15, 0.2) is 59.9 Å². The molecular weight excluding hydrogens is 499 g/mol. The molecule has 9 nitrogen and oxygen atoms in total.